The molecule has 35 heavy (non-hydrogen) atoms. The van der Waals surface area contributed by atoms with E-state index in [1.165, 1.54) is 11.8 Å². The third-order valence-electron chi connectivity index (χ3n) is 5.02. The first-order chi connectivity index (χ1) is 16.7. The standard InChI is InChI=1S/C26H21BrCl2N2O3S/c1-14-6-15(2)8-19(7-14)30-26-31-25(32)23(35-26)11-16-9-20(27)24(22(10-16)33-3)34-13-17-4-5-18(28)12-21(17)29/h4-12H,13H2,1-3H3,(H,30,31,32)/b23-11-. The number of carbonyl (C=O) groups is 1. The molecule has 0 radical (unpaired) electrons. The summed E-state index contributed by atoms with van der Waals surface area (Å²) in [5.41, 5.74) is 4.61. The molecule has 4 rings (SSSR count). The molecule has 0 saturated carbocycles. The van der Waals surface area contributed by atoms with Crippen LogP contribution in [0.3, 0.4) is 0 Å². The van der Waals surface area contributed by atoms with Crippen LogP contribution >= 0.6 is 50.9 Å². The highest BCUT2D eigenvalue weighted by atomic mass is 79.9. The number of ether oxygens (including phenoxy) is 2. The van der Waals surface area contributed by atoms with E-state index in [2.05, 4.69) is 32.3 Å². The number of aryl methyl sites for hydroxylation is 2. The third kappa shape index (κ3) is 6.41. The summed E-state index contributed by atoms with van der Waals surface area (Å²) in [6.45, 7) is 4.28. The maximum absolute atomic E-state index is 12.6. The van der Waals surface area contributed by atoms with Crippen LogP contribution in [0.25, 0.3) is 6.08 Å². The van der Waals surface area contributed by atoms with E-state index in [4.69, 9.17) is 32.7 Å². The number of hydrogen-bond donors (Lipinski definition) is 1. The minimum Gasteiger partial charge on any atom is -0.493 e. The number of amides is 1. The molecule has 0 unspecified atom stereocenters. The molecule has 3 aromatic rings. The number of methoxy groups -OCH3 is 1. The van der Waals surface area contributed by atoms with E-state index in [9.17, 15) is 4.79 Å². The highest BCUT2D eigenvalue weighted by Crippen LogP contribution is 2.39. The van der Waals surface area contributed by atoms with Crippen molar-refractivity contribution in [2.75, 3.05) is 7.11 Å². The van der Waals surface area contributed by atoms with Crippen LogP contribution < -0.4 is 14.8 Å². The first-order valence-corrected chi connectivity index (χ1v) is 12.9. The third-order valence-corrected chi connectivity index (χ3v) is 7.11. The molecule has 1 aliphatic heterocycles. The molecule has 1 saturated heterocycles. The average Bonchev–Trinajstić information content (AvgIpc) is 3.11. The molecule has 1 heterocycles. The number of aliphatic imine (C=N–C) groups is 1. The summed E-state index contributed by atoms with van der Waals surface area (Å²) in [6.07, 6.45) is 1.79. The van der Waals surface area contributed by atoms with Crippen molar-refractivity contribution in [1.82, 2.24) is 5.32 Å². The van der Waals surface area contributed by atoms with Crippen molar-refractivity contribution in [3.8, 4) is 11.5 Å². The minimum absolute atomic E-state index is 0.203. The van der Waals surface area contributed by atoms with E-state index in [-0.39, 0.29) is 12.5 Å². The fraction of sp³-hybridized carbons (Fsp3) is 0.154. The predicted octanol–water partition coefficient (Wildman–Crippen LogP) is 7.85. The van der Waals surface area contributed by atoms with E-state index in [1.54, 1.807) is 25.3 Å². The number of thioether (sulfide) groups is 1. The topological polar surface area (TPSA) is 59.9 Å². The van der Waals surface area contributed by atoms with Gasteiger partial charge in [0.15, 0.2) is 16.7 Å². The van der Waals surface area contributed by atoms with Crippen LogP contribution in [0.2, 0.25) is 10.0 Å². The Kier molecular flexibility index (Phi) is 8.12. The summed E-state index contributed by atoms with van der Waals surface area (Å²) >= 11 is 17.1. The summed E-state index contributed by atoms with van der Waals surface area (Å²) in [6, 6.07) is 15.0. The van der Waals surface area contributed by atoms with E-state index in [0.29, 0.717) is 36.1 Å². The number of carbonyl (C=O) groups excluding carboxylic acids is 1. The van der Waals surface area contributed by atoms with Crippen molar-refractivity contribution < 1.29 is 14.3 Å². The number of halogens is 3. The highest BCUT2D eigenvalue weighted by molar-refractivity contribution is 9.10. The van der Waals surface area contributed by atoms with Crippen LogP contribution in [-0.4, -0.2) is 18.2 Å². The molecule has 0 aliphatic carbocycles. The predicted molar refractivity (Wildman–Crippen MR) is 148 cm³/mol. The normalized spacial score (nSPS) is 15.5. The van der Waals surface area contributed by atoms with Gasteiger partial charge in [0.2, 0.25) is 0 Å². The second-order valence-electron chi connectivity index (χ2n) is 7.89. The zero-order valence-corrected chi connectivity index (χ0v) is 23.0. The van der Waals surface area contributed by atoms with Gasteiger partial charge >= 0.3 is 0 Å². The molecule has 9 heteroatoms. The lowest BCUT2D eigenvalue weighted by Gasteiger charge is -2.14. The quantitative estimate of drug-likeness (QED) is 0.296. The first kappa shape index (κ1) is 25.6. The minimum atomic E-state index is -0.203. The summed E-state index contributed by atoms with van der Waals surface area (Å²) in [5, 5.41) is 4.45. The Morgan fingerprint density at radius 3 is 2.51 bits per heavy atom. The van der Waals surface area contributed by atoms with Crippen LogP contribution in [-0.2, 0) is 11.4 Å². The smallest absolute Gasteiger partial charge is 0.264 e. The number of benzene rings is 3. The molecule has 0 bridgehead atoms. The van der Waals surface area contributed by atoms with Crippen molar-refractivity contribution in [3.05, 3.63) is 90.2 Å². The Hall–Kier alpha value is -2.45. The fourth-order valence-corrected chi connectivity index (χ4v) is 5.40. The summed E-state index contributed by atoms with van der Waals surface area (Å²) < 4.78 is 12.2. The molecular formula is C26H21BrCl2N2O3S. The van der Waals surface area contributed by atoms with Gasteiger partial charge in [-0.3, -0.25) is 4.79 Å². The lowest BCUT2D eigenvalue weighted by molar-refractivity contribution is -0.115. The van der Waals surface area contributed by atoms with Gasteiger partial charge in [-0.2, -0.15) is 0 Å². The average molecular weight is 592 g/mol. The zero-order valence-electron chi connectivity index (χ0n) is 19.1. The van der Waals surface area contributed by atoms with Gasteiger partial charge in [-0.05, 0) is 101 Å². The van der Waals surface area contributed by atoms with E-state index in [0.717, 1.165) is 27.9 Å². The van der Waals surface area contributed by atoms with Gasteiger partial charge in [-0.15, -0.1) is 0 Å². The highest BCUT2D eigenvalue weighted by Gasteiger charge is 2.24. The first-order valence-electron chi connectivity index (χ1n) is 10.5. The molecule has 5 nitrogen and oxygen atoms in total. The van der Waals surface area contributed by atoms with Crippen LogP contribution in [0.15, 0.2) is 62.9 Å². The van der Waals surface area contributed by atoms with Crippen LogP contribution in [0.5, 0.6) is 11.5 Å². The summed E-state index contributed by atoms with van der Waals surface area (Å²) in [7, 11) is 1.56. The Labute approximate surface area is 226 Å². The van der Waals surface area contributed by atoms with Gasteiger partial charge in [0, 0.05) is 15.6 Å². The SMILES string of the molecule is COc1cc(/C=C2\SC(=Nc3cc(C)cc(C)c3)NC2=O)cc(Br)c1OCc1ccc(Cl)cc1Cl. The molecule has 0 aromatic heterocycles. The lowest BCUT2D eigenvalue weighted by Crippen LogP contribution is -2.19. The van der Waals surface area contributed by atoms with Crippen molar-refractivity contribution in [2.24, 2.45) is 4.99 Å². The van der Waals surface area contributed by atoms with Crippen molar-refractivity contribution >= 4 is 73.7 Å². The summed E-state index contributed by atoms with van der Waals surface area (Å²) in [5.74, 6) is 0.844. The Bertz CT molecular complexity index is 1350. The van der Waals surface area contributed by atoms with E-state index < -0.39 is 0 Å². The molecule has 0 atom stereocenters. The Balaban J connectivity index is 1.55. The molecule has 1 N–H and O–H groups in total. The molecule has 0 spiro atoms. The molecule has 1 aliphatic rings. The number of hydrogen-bond acceptors (Lipinski definition) is 5. The van der Waals surface area contributed by atoms with Gasteiger partial charge in [0.1, 0.15) is 6.61 Å². The monoisotopic (exact) mass is 590 g/mol. The summed E-state index contributed by atoms with van der Waals surface area (Å²) in [4.78, 5) is 17.7. The molecule has 1 amide bonds. The van der Waals surface area contributed by atoms with Gasteiger partial charge in [0.05, 0.1) is 22.2 Å². The van der Waals surface area contributed by atoms with Gasteiger partial charge in [0.25, 0.3) is 5.91 Å². The second-order valence-corrected chi connectivity index (χ2v) is 10.6. The molecule has 1 fully saturated rings. The van der Waals surface area contributed by atoms with E-state index >= 15 is 0 Å². The molecule has 180 valence electrons. The van der Waals surface area contributed by atoms with Crippen LogP contribution in [0, 0.1) is 13.8 Å². The maximum atomic E-state index is 12.6. The van der Waals surface area contributed by atoms with Gasteiger partial charge in [-0.1, -0.05) is 35.3 Å². The molecule has 3 aromatic carbocycles. The zero-order chi connectivity index (χ0) is 25.1. The second kappa shape index (κ2) is 11.1. The van der Waals surface area contributed by atoms with Crippen molar-refractivity contribution in [2.45, 2.75) is 20.5 Å². The molecular weight excluding hydrogens is 571 g/mol. The van der Waals surface area contributed by atoms with Crippen LogP contribution in [0.4, 0.5) is 5.69 Å². The van der Waals surface area contributed by atoms with Gasteiger partial charge < -0.3 is 14.8 Å². The number of amidine groups is 1. The number of nitrogens with zero attached hydrogens (tertiary/aromatic N) is 1. The van der Waals surface area contributed by atoms with E-state index in [1.807, 2.05) is 44.2 Å². The Morgan fingerprint density at radius 1 is 1.09 bits per heavy atom. The lowest BCUT2D eigenvalue weighted by atomic mass is 10.1. The fourth-order valence-electron chi connectivity index (χ4n) is 3.52. The number of nitrogens with one attached hydrogen (secondary N) is 1. The Morgan fingerprint density at radius 2 is 1.83 bits per heavy atom. The van der Waals surface area contributed by atoms with Crippen molar-refractivity contribution in [3.63, 3.8) is 0 Å². The maximum Gasteiger partial charge on any atom is 0.264 e. The van der Waals surface area contributed by atoms with Crippen molar-refractivity contribution in [1.29, 1.82) is 0 Å². The largest absolute Gasteiger partial charge is 0.493 e. The number of rotatable bonds is 6. The van der Waals surface area contributed by atoms with Gasteiger partial charge in [-0.25, -0.2) is 4.99 Å². The van der Waals surface area contributed by atoms with Crippen LogP contribution in [0.1, 0.15) is 22.3 Å².